The van der Waals surface area contributed by atoms with Gasteiger partial charge in [-0.25, -0.2) is 0 Å². The van der Waals surface area contributed by atoms with Crippen LogP contribution in [0.1, 0.15) is 15.9 Å². The summed E-state index contributed by atoms with van der Waals surface area (Å²) in [6.07, 6.45) is 0. The summed E-state index contributed by atoms with van der Waals surface area (Å²) in [6, 6.07) is 13.8. The van der Waals surface area contributed by atoms with Crippen LogP contribution in [0.15, 0.2) is 48.5 Å². The molecule has 0 atom stereocenters. The molecule has 0 radical (unpaired) electrons. The number of hydrogen-bond acceptors (Lipinski definition) is 2. The Hall–Kier alpha value is -1.36. The fourth-order valence-corrected chi connectivity index (χ4v) is 1.84. The minimum Gasteiger partial charge on any atom is -0.369 e. The number of nitrogens with two attached hydrogens (primary N) is 1. The highest BCUT2D eigenvalue weighted by Crippen LogP contribution is 2.20. The second-order valence-electron chi connectivity index (χ2n) is 3.92. The molecule has 0 aromatic heterocycles. The lowest BCUT2D eigenvalue weighted by molar-refractivity contribution is -0.115. The van der Waals surface area contributed by atoms with Gasteiger partial charge >= 0.3 is 0 Å². The normalized spacial score (nSPS) is 9.48. The zero-order valence-corrected chi connectivity index (χ0v) is 14.0. The molecule has 0 aliphatic heterocycles. The lowest BCUT2D eigenvalue weighted by Crippen LogP contribution is -2.10. The first kappa shape index (κ1) is 17.7. The number of ketones is 1. The molecule has 0 spiro atoms. The molecule has 0 unspecified atom stereocenters. The van der Waals surface area contributed by atoms with Crippen LogP contribution >= 0.6 is 39.1 Å². The molecule has 0 saturated heterocycles. The van der Waals surface area contributed by atoms with Gasteiger partial charge in [0.2, 0.25) is 5.91 Å². The van der Waals surface area contributed by atoms with Gasteiger partial charge in [0, 0.05) is 16.1 Å². The Morgan fingerprint density at radius 2 is 1.67 bits per heavy atom. The van der Waals surface area contributed by atoms with Crippen LogP contribution in [0.2, 0.25) is 10.0 Å². The summed E-state index contributed by atoms with van der Waals surface area (Å²) in [6.45, 7) is 0. The fraction of sp³-hybridized carbons (Fsp3) is 0.0667. The van der Waals surface area contributed by atoms with Crippen molar-refractivity contribution in [1.29, 1.82) is 0 Å². The van der Waals surface area contributed by atoms with Crippen LogP contribution in [0.4, 0.5) is 0 Å². The van der Waals surface area contributed by atoms with Crippen molar-refractivity contribution in [2.24, 2.45) is 5.73 Å². The van der Waals surface area contributed by atoms with Crippen LogP contribution in [0.5, 0.6) is 0 Å². The van der Waals surface area contributed by atoms with Gasteiger partial charge in [0.05, 0.1) is 10.4 Å². The summed E-state index contributed by atoms with van der Waals surface area (Å²) >= 11 is 14.6. The number of halogens is 3. The first-order chi connectivity index (χ1) is 9.95. The van der Waals surface area contributed by atoms with Gasteiger partial charge < -0.3 is 5.73 Å². The quantitative estimate of drug-likeness (QED) is 0.635. The van der Waals surface area contributed by atoms with E-state index in [-0.39, 0.29) is 17.0 Å². The Bertz CT molecular complexity index is 647. The molecule has 2 aromatic carbocycles. The fourth-order valence-electron chi connectivity index (χ4n) is 1.43. The number of hydrogen-bond donors (Lipinski definition) is 1. The van der Waals surface area contributed by atoms with E-state index in [2.05, 4.69) is 21.7 Å². The third-order valence-corrected chi connectivity index (χ3v) is 3.45. The second kappa shape index (κ2) is 8.82. The van der Waals surface area contributed by atoms with Gasteiger partial charge in [0.25, 0.3) is 0 Å². The van der Waals surface area contributed by atoms with Crippen molar-refractivity contribution in [3.05, 3.63) is 69.7 Å². The average Bonchev–Trinajstić information content (AvgIpc) is 2.47. The SMILES string of the molecule is NC(=O)CBr.O=C(c1cccc(Cl)c1)c1ccccc1Cl. The van der Waals surface area contributed by atoms with E-state index in [1.54, 1.807) is 48.5 Å². The van der Waals surface area contributed by atoms with E-state index in [9.17, 15) is 9.59 Å². The molecule has 110 valence electrons. The minimum absolute atomic E-state index is 0.117. The summed E-state index contributed by atoms with van der Waals surface area (Å²) < 4.78 is 0. The Kier molecular flexibility index (Phi) is 7.43. The van der Waals surface area contributed by atoms with Crippen molar-refractivity contribution in [3.63, 3.8) is 0 Å². The molecule has 3 nitrogen and oxygen atoms in total. The van der Waals surface area contributed by atoms with E-state index < -0.39 is 0 Å². The summed E-state index contributed by atoms with van der Waals surface area (Å²) in [4.78, 5) is 21.6. The van der Waals surface area contributed by atoms with Gasteiger partial charge in [-0.1, -0.05) is 63.4 Å². The number of carbonyl (C=O) groups excluding carboxylic acids is 2. The molecule has 6 heteroatoms. The van der Waals surface area contributed by atoms with Gasteiger partial charge in [-0.15, -0.1) is 0 Å². The standard InChI is InChI=1S/C13H8Cl2O.C2H4BrNO/c14-10-5-3-4-9(8-10)13(16)11-6-1-2-7-12(11)15;3-1-2(4)5/h1-8H;1H2,(H2,4,5). The van der Waals surface area contributed by atoms with Gasteiger partial charge in [-0.2, -0.15) is 0 Å². The Balaban J connectivity index is 0.000000383. The average molecular weight is 389 g/mol. The predicted octanol–water partition coefficient (Wildman–Crippen LogP) is 4.09. The van der Waals surface area contributed by atoms with E-state index in [0.717, 1.165) is 0 Å². The van der Waals surface area contributed by atoms with Crippen molar-refractivity contribution in [2.45, 2.75) is 0 Å². The number of amides is 1. The maximum Gasteiger partial charge on any atom is 0.228 e. The van der Waals surface area contributed by atoms with Crippen LogP contribution in [-0.4, -0.2) is 17.0 Å². The molecule has 0 aliphatic carbocycles. The van der Waals surface area contributed by atoms with Crippen molar-refractivity contribution in [1.82, 2.24) is 0 Å². The lowest BCUT2D eigenvalue weighted by atomic mass is 10.0. The van der Waals surface area contributed by atoms with E-state index in [0.29, 0.717) is 21.2 Å². The van der Waals surface area contributed by atoms with E-state index in [1.807, 2.05) is 0 Å². The molecule has 0 heterocycles. The molecular formula is C15H12BrCl2NO2. The number of rotatable bonds is 3. The largest absolute Gasteiger partial charge is 0.369 e. The van der Waals surface area contributed by atoms with Crippen LogP contribution in [-0.2, 0) is 4.79 Å². The predicted molar refractivity (Wildman–Crippen MR) is 89.3 cm³/mol. The summed E-state index contributed by atoms with van der Waals surface area (Å²) in [5.41, 5.74) is 5.64. The van der Waals surface area contributed by atoms with E-state index in [4.69, 9.17) is 23.2 Å². The molecule has 21 heavy (non-hydrogen) atoms. The monoisotopic (exact) mass is 387 g/mol. The van der Waals surface area contributed by atoms with Gasteiger partial charge in [0.1, 0.15) is 0 Å². The molecule has 0 saturated carbocycles. The summed E-state index contributed by atoms with van der Waals surface area (Å²) in [5, 5.41) is 1.25. The minimum atomic E-state index is -0.329. The van der Waals surface area contributed by atoms with Crippen molar-refractivity contribution < 1.29 is 9.59 Å². The van der Waals surface area contributed by atoms with Crippen LogP contribution < -0.4 is 5.73 Å². The van der Waals surface area contributed by atoms with Gasteiger partial charge in [0.15, 0.2) is 5.78 Å². The number of benzene rings is 2. The maximum atomic E-state index is 12.1. The Morgan fingerprint density at radius 1 is 1.05 bits per heavy atom. The van der Waals surface area contributed by atoms with Gasteiger partial charge in [-0.05, 0) is 24.3 Å². The Morgan fingerprint density at radius 3 is 2.19 bits per heavy atom. The van der Waals surface area contributed by atoms with Gasteiger partial charge in [-0.3, -0.25) is 9.59 Å². The third-order valence-electron chi connectivity index (χ3n) is 2.34. The van der Waals surface area contributed by atoms with Crippen LogP contribution in [0, 0.1) is 0 Å². The third kappa shape index (κ3) is 5.87. The van der Waals surface area contributed by atoms with Crippen molar-refractivity contribution in [3.8, 4) is 0 Å². The molecule has 0 fully saturated rings. The maximum absolute atomic E-state index is 12.1. The first-order valence-corrected chi connectivity index (χ1v) is 7.72. The number of alkyl halides is 1. The van der Waals surface area contributed by atoms with E-state index in [1.165, 1.54) is 0 Å². The molecule has 0 aliphatic rings. The highest BCUT2D eigenvalue weighted by molar-refractivity contribution is 9.09. The zero-order valence-electron chi connectivity index (χ0n) is 10.9. The van der Waals surface area contributed by atoms with Crippen LogP contribution in [0.25, 0.3) is 0 Å². The molecule has 2 aromatic rings. The second-order valence-corrected chi connectivity index (χ2v) is 5.32. The molecule has 1 amide bonds. The molecule has 2 rings (SSSR count). The highest BCUT2D eigenvalue weighted by atomic mass is 79.9. The van der Waals surface area contributed by atoms with E-state index >= 15 is 0 Å². The first-order valence-electron chi connectivity index (χ1n) is 5.84. The van der Waals surface area contributed by atoms with Crippen molar-refractivity contribution in [2.75, 3.05) is 5.33 Å². The zero-order chi connectivity index (χ0) is 15.8. The smallest absolute Gasteiger partial charge is 0.228 e. The number of carbonyl (C=O) groups is 2. The topological polar surface area (TPSA) is 60.2 Å². The summed E-state index contributed by atoms with van der Waals surface area (Å²) in [7, 11) is 0. The van der Waals surface area contributed by atoms with Crippen molar-refractivity contribution >= 4 is 50.8 Å². The number of primary amides is 1. The Labute approximate surface area is 141 Å². The molecule has 2 N–H and O–H groups in total. The lowest BCUT2D eigenvalue weighted by Gasteiger charge is -2.03. The van der Waals surface area contributed by atoms with Crippen LogP contribution in [0.3, 0.4) is 0 Å². The highest BCUT2D eigenvalue weighted by Gasteiger charge is 2.11. The summed E-state index contributed by atoms with van der Waals surface area (Å²) in [5.74, 6) is -0.446. The molecule has 0 bridgehead atoms. The molecular weight excluding hydrogens is 377 g/mol.